The van der Waals surface area contributed by atoms with E-state index in [9.17, 15) is 14.4 Å². The van der Waals surface area contributed by atoms with E-state index in [-0.39, 0.29) is 30.2 Å². The number of nitrogens with one attached hydrogen (secondary N) is 1. The van der Waals surface area contributed by atoms with Crippen LogP contribution in [0.2, 0.25) is 0 Å². The van der Waals surface area contributed by atoms with Crippen LogP contribution < -0.4 is 10.1 Å². The highest BCUT2D eigenvalue weighted by Gasteiger charge is 2.47. The van der Waals surface area contributed by atoms with E-state index in [1.54, 1.807) is 0 Å². The van der Waals surface area contributed by atoms with Crippen LogP contribution in [0.15, 0.2) is 60.7 Å². The summed E-state index contributed by atoms with van der Waals surface area (Å²) >= 11 is 1.31. The molecular weight excluding hydrogens is 414 g/mol. The number of aromatic nitrogens is 1. The summed E-state index contributed by atoms with van der Waals surface area (Å²) in [6, 6.07) is 15.0. The highest BCUT2D eigenvalue weighted by atomic mass is 32.1. The maximum atomic E-state index is 12.5. The average molecular weight is 433 g/mol. The van der Waals surface area contributed by atoms with Gasteiger partial charge in [-0.05, 0) is 37.1 Å². The minimum atomic E-state index is -0.437. The molecule has 3 aromatic rings. The predicted octanol–water partition coefficient (Wildman–Crippen LogP) is 3.98. The SMILES string of the molecule is O=C(CN1C(=O)[C@@H]2CC=CC[C@H]2C1=O)Nc1nc2ccc(Oc3ccccc3)cc2s1. The number of rotatable bonds is 5. The molecule has 1 fully saturated rings. The Morgan fingerprint density at radius 3 is 2.45 bits per heavy atom. The Bertz CT molecular complexity index is 1180. The van der Waals surface area contributed by atoms with Crippen LogP contribution in [0.4, 0.5) is 5.13 Å². The summed E-state index contributed by atoms with van der Waals surface area (Å²) in [5.74, 6) is -0.233. The average Bonchev–Trinajstić information content (AvgIpc) is 3.28. The number of amides is 3. The largest absolute Gasteiger partial charge is 0.457 e. The minimum absolute atomic E-state index is 0.262. The zero-order chi connectivity index (χ0) is 21.4. The Hall–Kier alpha value is -3.52. The van der Waals surface area contributed by atoms with Gasteiger partial charge in [0.2, 0.25) is 17.7 Å². The van der Waals surface area contributed by atoms with Crippen molar-refractivity contribution in [3.63, 3.8) is 0 Å². The van der Waals surface area contributed by atoms with Crippen molar-refractivity contribution in [3.05, 3.63) is 60.7 Å². The second-order valence-electron chi connectivity index (χ2n) is 7.53. The van der Waals surface area contributed by atoms with Crippen molar-refractivity contribution in [2.24, 2.45) is 11.8 Å². The molecule has 1 aromatic heterocycles. The number of hydrogen-bond acceptors (Lipinski definition) is 6. The molecule has 1 aliphatic carbocycles. The van der Waals surface area contributed by atoms with E-state index in [1.807, 2.05) is 60.7 Å². The zero-order valence-corrected chi connectivity index (χ0v) is 17.3. The first kappa shape index (κ1) is 19.4. The normalized spacial score (nSPS) is 20.2. The Balaban J connectivity index is 1.26. The van der Waals surface area contributed by atoms with E-state index >= 15 is 0 Å². The molecule has 7 nitrogen and oxygen atoms in total. The van der Waals surface area contributed by atoms with E-state index in [1.165, 1.54) is 11.3 Å². The fourth-order valence-corrected chi connectivity index (χ4v) is 4.88. The van der Waals surface area contributed by atoms with Gasteiger partial charge in [0.1, 0.15) is 18.0 Å². The van der Waals surface area contributed by atoms with Crippen molar-refractivity contribution < 1.29 is 19.1 Å². The van der Waals surface area contributed by atoms with Crippen molar-refractivity contribution in [3.8, 4) is 11.5 Å². The van der Waals surface area contributed by atoms with Crippen LogP contribution >= 0.6 is 11.3 Å². The van der Waals surface area contributed by atoms with Crippen molar-refractivity contribution >= 4 is 44.4 Å². The number of imide groups is 1. The van der Waals surface area contributed by atoms with Gasteiger partial charge in [-0.2, -0.15) is 0 Å². The number of para-hydroxylation sites is 1. The lowest BCUT2D eigenvalue weighted by Crippen LogP contribution is -2.38. The van der Waals surface area contributed by atoms with Crippen LogP contribution in [0, 0.1) is 11.8 Å². The number of fused-ring (bicyclic) bond motifs is 2. The first-order valence-corrected chi connectivity index (χ1v) is 10.8. The van der Waals surface area contributed by atoms with Crippen LogP contribution in [-0.4, -0.2) is 34.2 Å². The highest BCUT2D eigenvalue weighted by molar-refractivity contribution is 7.22. The van der Waals surface area contributed by atoms with E-state index < -0.39 is 5.91 Å². The topological polar surface area (TPSA) is 88.6 Å². The third-order valence-corrected chi connectivity index (χ3v) is 6.42. The molecule has 156 valence electrons. The number of hydrogen-bond donors (Lipinski definition) is 1. The quantitative estimate of drug-likeness (QED) is 0.486. The molecule has 2 atom stereocenters. The number of allylic oxidation sites excluding steroid dienone is 2. The van der Waals surface area contributed by atoms with Crippen molar-refractivity contribution in [1.29, 1.82) is 0 Å². The molecule has 0 saturated carbocycles. The standard InChI is InChI=1S/C23H19N3O4S/c27-20(13-26-21(28)16-8-4-5-9-17(16)22(26)29)25-23-24-18-11-10-15(12-19(18)31-23)30-14-6-2-1-3-7-14/h1-7,10-12,16-17H,8-9,13H2,(H,24,25,27)/t16-,17-/m1/s1. The van der Waals surface area contributed by atoms with Crippen molar-refractivity contribution in [2.45, 2.75) is 12.8 Å². The van der Waals surface area contributed by atoms with E-state index in [0.29, 0.717) is 23.7 Å². The number of likely N-dealkylation sites (tertiary alicyclic amines) is 1. The van der Waals surface area contributed by atoms with Gasteiger partial charge in [-0.3, -0.25) is 19.3 Å². The van der Waals surface area contributed by atoms with Gasteiger partial charge in [0.25, 0.3) is 0 Å². The molecule has 3 amide bonds. The molecule has 0 bridgehead atoms. The second kappa shape index (κ2) is 7.96. The van der Waals surface area contributed by atoms with Gasteiger partial charge in [0, 0.05) is 6.07 Å². The van der Waals surface area contributed by atoms with Gasteiger partial charge >= 0.3 is 0 Å². The number of thiazole rings is 1. The summed E-state index contributed by atoms with van der Waals surface area (Å²) in [6.45, 7) is -0.289. The van der Waals surface area contributed by atoms with Gasteiger partial charge in [-0.25, -0.2) is 4.98 Å². The first-order valence-electron chi connectivity index (χ1n) is 10.0. The summed E-state index contributed by atoms with van der Waals surface area (Å²) in [7, 11) is 0. The third-order valence-electron chi connectivity index (χ3n) is 5.49. The predicted molar refractivity (Wildman–Crippen MR) is 117 cm³/mol. The van der Waals surface area contributed by atoms with Crippen LogP contribution in [0.1, 0.15) is 12.8 Å². The lowest BCUT2D eigenvalue weighted by molar-refractivity contribution is -0.142. The van der Waals surface area contributed by atoms with Crippen LogP contribution in [0.3, 0.4) is 0 Å². The molecule has 31 heavy (non-hydrogen) atoms. The summed E-state index contributed by atoms with van der Waals surface area (Å²) in [5.41, 5.74) is 0.728. The smallest absolute Gasteiger partial charge is 0.246 e. The molecule has 5 rings (SSSR count). The van der Waals surface area contributed by atoms with Crippen molar-refractivity contribution in [2.75, 3.05) is 11.9 Å². The van der Waals surface area contributed by atoms with Gasteiger partial charge in [-0.1, -0.05) is 41.7 Å². The molecule has 8 heteroatoms. The van der Waals surface area contributed by atoms with E-state index in [2.05, 4.69) is 10.3 Å². The van der Waals surface area contributed by atoms with E-state index in [0.717, 1.165) is 20.9 Å². The Kier molecular flexibility index (Phi) is 4.99. The number of nitrogens with zero attached hydrogens (tertiary/aromatic N) is 2. The molecule has 0 spiro atoms. The lowest BCUT2D eigenvalue weighted by Gasteiger charge is -2.14. The molecular formula is C23H19N3O4S. The first-order chi connectivity index (χ1) is 15.1. The van der Waals surface area contributed by atoms with Gasteiger partial charge in [-0.15, -0.1) is 0 Å². The summed E-state index contributed by atoms with van der Waals surface area (Å²) in [6.07, 6.45) is 4.96. The molecule has 2 heterocycles. The zero-order valence-electron chi connectivity index (χ0n) is 16.5. The summed E-state index contributed by atoms with van der Waals surface area (Å²) in [5, 5.41) is 3.13. The fraction of sp³-hybridized carbons (Fsp3) is 0.217. The maximum Gasteiger partial charge on any atom is 0.246 e. The van der Waals surface area contributed by atoms with Crippen LogP contribution in [-0.2, 0) is 14.4 Å². The number of benzene rings is 2. The molecule has 2 aliphatic rings. The fourth-order valence-electron chi connectivity index (χ4n) is 3.97. The molecule has 0 radical (unpaired) electrons. The third kappa shape index (κ3) is 3.82. The molecule has 0 unspecified atom stereocenters. The monoisotopic (exact) mass is 433 g/mol. The molecule has 1 N–H and O–H groups in total. The maximum absolute atomic E-state index is 12.5. The minimum Gasteiger partial charge on any atom is -0.457 e. The number of carbonyl (C=O) groups excluding carboxylic acids is 3. The number of anilines is 1. The number of ether oxygens (including phenoxy) is 1. The van der Waals surface area contributed by atoms with Crippen LogP contribution in [0.5, 0.6) is 11.5 Å². The van der Waals surface area contributed by atoms with Crippen LogP contribution in [0.25, 0.3) is 10.2 Å². The Morgan fingerprint density at radius 2 is 1.74 bits per heavy atom. The molecule has 1 aliphatic heterocycles. The Morgan fingerprint density at radius 1 is 1.03 bits per heavy atom. The molecule has 2 aromatic carbocycles. The lowest BCUT2D eigenvalue weighted by atomic mass is 9.85. The van der Waals surface area contributed by atoms with Gasteiger partial charge < -0.3 is 10.1 Å². The second-order valence-corrected chi connectivity index (χ2v) is 8.56. The molecule has 1 saturated heterocycles. The van der Waals surface area contributed by atoms with Gasteiger partial charge in [0.15, 0.2) is 5.13 Å². The van der Waals surface area contributed by atoms with Crippen molar-refractivity contribution in [1.82, 2.24) is 9.88 Å². The number of carbonyl (C=O) groups is 3. The Labute approximate surface area is 182 Å². The van der Waals surface area contributed by atoms with E-state index in [4.69, 9.17) is 4.74 Å². The highest BCUT2D eigenvalue weighted by Crippen LogP contribution is 2.35. The summed E-state index contributed by atoms with van der Waals surface area (Å²) in [4.78, 5) is 43.1. The summed E-state index contributed by atoms with van der Waals surface area (Å²) < 4.78 is 6.70. The van der Waals surface area contributed by atoms with Gasteiger partial charge in [0.05, 0.1) is 22.1 Å².